The molecule has 0 bridgehead atoms. The van der Waals surface area contributed by atoms with E-state index in [1.54, 1.807) is 38.4 Å². The Morgan fingerprint density at radius 1 is 1.33 bits per heavy atom. The fourth-order valence-electron chi connectivity index (χ4n) is 1.99. The first-order chi connectivity index (χ1) is 11.5. The highest BCUT2D eigenvalue weighted by molar-refractivity contribution is 8.18. The van der Waals surface area contributed by atoms with Crippen molar-refractivity contribution in [2.75, 3.05) is 34.9 Å². The number of amides is 1. The minimum atomic E-state index is -0.481. The lowest BCUT2D eigenvalue weighted by atomic mass is 10.2. The first kappa shape index (κ1) is 17.9. The maximum Gasteiger partial charge on any atom is 0.343 e. The molecule has 1 amide bonds. The van der Waals surface area contributed by atoms with Crippen molar-refractivity contribution in [3.05, 3.63) is 28.7 Å². The largest absolute Gasteiger partial charge is 0.493 e. The number of ether oxygens (including phenoxy) is 3. The number of carbonyl (C=O) groups excluding carboxylic acids is 2. The third-order valence-electron chi connectivity index (χ3n) is 3.25. The number of benzene rings is 1. The Morgan fingerprint density at radius 3 is 2.67 bits per heavy atom. The SMILES string of the molecule is CN=C1S/C(=C/c2ccc(OCC(=O)OC)c(OC)c2)C(=O)N1C. The number of esters is 1. The minimum Gasteiger partial charge on any atom is -0.493 e. The van der Waals surface area contributed by atoms with Crippen molar-refractivity contribution in [3.63, 3.8) is 0 Å². The Kier molecular flexibility index (Phi) is 5.86. The second-order valence-electron chi connectivity index (χ2n) is 4.76. The molecule has 1 aliphatic rings. The summed E-state index contributed by atoms with van der Waals surface area (Å²) in [5, 5.41) is 0.649. The molecule has 2 rings (SSSR count). The molecule has 0 atom stereocenters. The van der Waals surface area contributed by atoms with Gasteiger partial charge in [-0.15, -0.1) is 0 Å². The van der Waals surface area contributed by atoms with E-state index in [4.69, 9.17) is 9.47 Å². The normalized spacial score (nSPS) is 17.5. The van der Waals surface area contributed by atoms with Crippen LogP contribution in [0.5, 0.6) is 11.5 Å². The standard InChI is InChI=1S/C16H18N2O5S/c1-17-16-18(2)15(20)13(24-16)8-10-5-6-11(12(7-10)21-3)23-9-14(19)22-4/h5-8H,9H2,1-4H3/b13-8+,17-16?. The van der Waals surface area contributed by atoms with Crippen molar-refractivity contribution in [1.82, 2.24) is 4.90 Å². The number of likely N-dealkylation sites (N-methyl/N-ethyl adjacent to an activating group) is 1. The van der Waals surface area contributed by atoms with Gasteiger partial charge >= 0.3 is 5.97 Å². The number of nitrogens with zero attached hydrogens (tertiary/aromatic N) is 2. The zero-order valence-electron chi connectivity index (χ0n) is 13.9. The summed E-state index contributed by atoms with van der Waals surface area (Å²) in [5.74, 6) is 0.293. The Bertz CT molecular complexity index is 714. The van der Waals surface area contributed by atoms with Gasteiger partial charge in [0.05, 0.1) is 19.1 Å². The monoisotopic (exact) mass is 350 g/mol. The van der Waals surface area contributed by atoms with Gasteiger partial charge in [-0.25, -0.2) is 4.79 Å². The first-order valence-corrected chi connectivity index (χ1v) is 7.83. The van der Waals surface area contributed by atoms with E-state index in [1.807, 2.05) is 0 Å². The third-order valence-corrected chi connectivity index (χ3v) is 4.40. The molecule has 0 N–H and O–H groups in total. The lowest BCUT2D eigenvalue weighted by Crippen LogP contribution is -2.23. The summed E-state index contributed by atoms with van der Waals surface area (Å²) in [6, 6.07) is 5.18. The van der Waals surface area contributed by atoms with Gasteiger partial charge in [0.25, 0.3) is 5.91 Å². The molecule has 1 heterocycles. The molecule has 8 heteroatoms. The fourth-order valence-corrected chi connectivity index (χ4v) is 2.92. The van der Waals surface area contributed by atoms with Crippen LogP contribution >= 0.6 is 11.8 Å². The van der Waals surface area contributed by atoms with Crippen LogP contribution in [0.3, 0.4) is 0 Å². The van der Waals surface area contributed by atoms with Crippen LogP contribution in [-0.4, -0.2) is 56.9 Å². The van der Waals surface area contributed by atoms with Crippen molar-refractivity contribution in [3.8, 4) is 11.5 Å². The summed E-state index contributed by atoms with van der Waals surface area (Å²) in [4.78, 5) is 29.5. The fraction of sp³-hybridized carbons (Fsp3) is 0.312. The lowest BCUT2D eigenvalue weighted by molar-refractivity contribution is -0.142. The second kappa shape index (κ2) is 7.87. The van der Waals surface area contributed by atoms with Crippen LogP contribution in [0, 0.1) is 0 Å². The van der Waals surface area contributed by atoms with E-state index in [0.29, 0.717) is 21.6 Å². The third kappa shape index (κ3) is 3.88. The number of methoxy groups -OCH3 is 2. The molecule has 0 aromatic heterocycles. The molecular weight excluding hydrogens is 332 g/mol. The van der Waals surface area contributed by atoms with Gasteiger partial charge in [-0.2, -0.15) is 0 Å². The molecule has 0 spiro atoms. The molecule has 0 saturated carbocycles. The average Bonchev–Trinajstić information content (AvgIpc) is 2.87. The van der Waals surface area contributed by atoms with Crippen molar-refractivity contribution >= 4 is 34.9 Å². The van der Waals surface area contributed by atoms with Gasteiger partial charge in [-0.05, 0) is 35.5 Å². The predicted octanol–water partition coefficient (Wildman–Crippen LogP) is 1.78. The quantitative estimate of drug-likeness (QED) is 0.595. The van der Waals surface area contributed by atoms with Crippen LogP contribution in [0.25, 0.3) is 6.08 Å². The van der Waals surface area contributed by atoms with Crippen LogP contribution in [0.2, 0.25) is 0 Å². The zero-order chi connectivity index (χ0) is 17.7. The molecule has 1 fully saturated rings. The summed E-state index contributed by atoms with van der Waals surface area (Å²) < 4.78 is 15.2. The summed E-state index contributed by atoms with van der Waals surface area (Å²) in [6.07, 6.45) is 1.76. The minimum absolute atomic E-state index is 0.106. The van der Waals surface area contributed by atoms with Crippen molar-refractivity contribution in [1.29, 1.82) is 0 Å². The summed E-state index contributed by atoms with van der Waals surface area (Å²) in [7, 11) is 6.12. The van der Waals surface area contributed by atoms with E-state index in [1.165, 1.54) is 30.9 Å². The summed E-state index contributed by atoms with van der Waals surface area (Å²) >= 11 is 1.31. The van der Waals surface area contributed by atoms with Crippen molar-refractivity contribution < 1.29 is 23.8 Å². The summed E-state index contributed by atoms with van der Waals surface area (Å²) in [6.45, 7) is -0.206. The van der Waals surface area contributed by atoms with Crippen LogP contribution in [0.15, 0.2) is 28.1 Å². The van der Waals surface area contributed by atoms with E-state index in [2.05, 4.69) is 9.73 Å². The van der Waals surface area contributed by atoms with E-state index in [9.17, 15) is 9.59 Å². The van der Waals surface area contributed by atoms with Gasteiger partial charge in [0.2, 0.25) is 0 Å². The molecule has 1 aromatic carbocycles. The average molecular weight is 350 g/mol. The Balaban J connectivity index is 2.22. The molecule has 24 heavy (non-hydrogen) atoms. The van der Waals surface area contributed by atoms with E-state index in [-0.39, 0.29) is 12.5 Å². The van der Waals surface area contributed by atoms with Crippen LogP contribution in [0.1, 0.15) is 5.56 Å². The molecule has 1 aliphatic heterocycles. The smallest absolute Gasteiger partial charge is 0.343 e. The van der Waals surface area contributed by atoms with Crippen LogP contribution < -0.4 is 9.47 Å². The molecule has 1 saturated heterocycles. The zero-order valence-corrected chi connectivity index (χ0v) is 14.7. The number of hydrogen-bond acceptors (Lipinski definition) is 7. The highest BCUT2D eigenvalue weighted by Gasteiger charge is 2.29. The van der Waals surface area contributed by atoms with Gasteiger partial charge in [0.15, 0.2) is 23.3 Å². The number of hydrogen-bond donors (Lipinski definition) is 0. The molecule has 0 aliphatic carbocycles. The number of aliphatic imine (C=N–C) groups is 1. The Labute approximate surface area is 144 Å². The molecule has 0 unspecified atom stereocenters. The van der Waals surface area contributed by atoms with Gasteiger partial charge in [0.1, 0.15) is 0 Å². The number of thioether (sulfide) groups is 1. The van der Waals surface area contributed by atoms with Gasteiger partial charge < -0.3 is 14.2 Å². The highest BCUT2D eigenvalue weighted by atomic mass is 32.2. The molecular formula is C16H18N2O5S. The van der Waals surface area contributed by atoms with E-state index >= 15 is 0 Å². The van der Waals surface area contributed by atoms with Gasteiger partial charge in [-0.3, -0.25) is 14.7 Å². The second-order valence-corrected chi connectivity index (χ2v) is 5.77. The molecule has 7 nitrogen and oxygen atoms in total. The topological polar surface area (TPSA) is 77.4 Å². The summed E-state index contributed by atoms with van der Waals surface area (Å²) in [5.41, 5.74) is 0.777. The Hall–Kier alpha value is -2.48. The maximum atomic E-state index is 12.2. The van der Waals surface area contributed by atoms with Crippen LogP contribution in [-0.2, 0) is 14.3 Å². The highest BCUT2D eigenvalue weighted by Crippen LogP contribution is 2.33. The number of amidine groups is 1. The van der Waals surface area contributed by atoms with Crippen molar-refractivity contribution in [2.24, 2.45) is 4.99 Å². The van der Waals surface area contributed by atoms with E-state index in [0.717, 1.165) is 5.56 Å². The maximum absolute atomic E-state index is 12.2. The van der Waals surface area contributed by atoms with Crippen molar-refractivity contribution in [2.45, 2.75) is 0 Å². The number of rotatable bonds is 5. The Morgan fingerprint density at radius 2 is 2.08 bits per heavy atom. The molecule has 0 radical (unpaired) electrons. The first-order valence-electron chi connectivity index (χ1n) is 7.02. The van der Waals surface area contributed by atoms with Gasteiger partial charge in [0, 0.05) is 14.1 Å². The predicted molar refractivity (Wildman–Crippen MR) is 92.2 cm³/mol. The van der Waals surface area contributed by atoms with Crippen LogP contribution in [0.4, 0.5) is 0 Å². The number of carbonyl (C=O) groups is 2. The molecule has 1 aromatic rings. The van der Waals surface area contributed by atoms with Gasteiger partial charge in [-0.1, -0.05) is 6.07 Å². The van der Waals surface area contributed by atoms with E-state index < -0.39 is 5.97 Å². The lowest BCUT2D eigenvalue weighted by Gasteiger charge is -2.10. The molecule has 128 valence electrons.